The molecule has 2 aromatic rings. The van der Waals surface area contributed by atoms with Crippen molar-refractivity contribution in [3.63, 3.8) is 0 Å². The van der Waals surface area contributed by atoms with E-state index in [4.69, 9.17) is 0 Å². The Kier molecular flexibility index (Phi) is 2.46. The number of para-hydroxylation sites is 2. The molecule has 0 unspecified atom stereocenters. The molecule has 0 N–H and O–H groups in total. The summed E-state index contributed by atoms with van der Waals surface area (Å²) >= 11 is 0. The highest BCUT2D eigenvalue weighted by molar-refractivity contribution is 5.86. The number of carbonyl (C=O) groups is 1. The van der Waals surface area contributed by atoms with Gasteiger partial charge >= 0.3 is 0 Å². The van der Waals surface area contributed by atoms with Crippen LogP contribution in [0.15, 0.2) is 24.3 Å². The van der Waals surface area contributed by atoms with Crippen LogP contribution in [0.2, 0.25) is 0 Å². The number of nitrogens with zero attached hydrogens (tertiary/aromatic N) is 2. The lowest BCUT2D eigenvalue weighted by Crippen LogP contribution is -2.10. The van der Waals surface area contributed by atoms with E-state index in [9.17, 15) is 4.79 Å². The van der Waals surface area contributed by atoms with E-state index in [2.05, 4.69) is 22.5 Å². The molecule has 1 aliphatic rings. The summed E-state index contributed by atoms with van der Waals surface area (Å²) in [6, 6.07) is 8.08. The number of aromatic nitrogens is 2. The van der Waals surface area contributed by atoms with Crippen LogP contribution in [0.4, 0.5) is 0 Å². The molecule has 0 aliphatic heterocycles. The van der Waals surface area contributed by atoms with Crippen LogP contribution in [0.3, 0.4) is 0 Å². The smallest absolute Gasteiger partial charge is 0.143 e. The molecule has 1 aromatic carbocycles. The van der Waals surface area contributed by atoms with E-state index in [1.54, 1.807) is 0 Å². The summed E-state index contributed by atoms with van der Waals surface area (Å²) in [6.45, 7) is 2.97. The van der Waals surface area contributed by atoms with Gasteiger partial charge in [-0.1, -0.05) is 12.1 Å². The highest BCUT2D eigenvalue weighted by atomic mass is 16.1. The topological polar surface area (TPSA) is 34.9 Å². The second kappa shape index (κ2) is 3.99. The largest absolute Gasteiger partial charge is 0.328 e. The maximum absolute atomic E-state index is 11.9. The average Bonchev–Trinajstić information content (AvgIpc) is 3.11. The molecule has 0 spiro atoms. The van der Waals surface area contributed by atoms with Gasteiger partial charge in [-0.2, -0.15) is 0 Å². The molecule has 0 bridgehead atoms. The summed E-state index contributed by atoms with van der Waals surface area (Å²) in [4.78, 5) is 16.4. The summed E-state index contributed by atoms with van der Waals surface area (Å²) in [5, 5.41) is 0. The molecule has 0 radical (unpaired) electrons. The van der Waals surface area contributed by atoms with Gasteiger partial charge in [0.2, 0.25) is 0 Å². The maximum atomic E-state index is 11.9. The highest BCUT2D eigenvalue weighted by Gasteiger charge is 2.30. The zero-order chi connectivity index (χ0) is 11.8. The standard InChI is InChI=1S/C14H16N2O/c1-2-16-12-6-4-3-5-11(12)15-14(16)9-13(17)10-7-8-10/h3-6,10H,2,7-9H2,1H3. The van der Waals surface area contributed by atoms with Crippen LogP contribution in [0.25, 0.3) is 11.0 Å². The molecule has 1 saturated carbocycles. The normalized spacial score (nSPS) is 15.4. The van der Waals surface area contributed by atoms with E-state index >= 15 is 0 Å². The van der Waals surface area contributed by atoms with E-state index in [-0.39, 0.29) is 0 Å². The number of hydrogen-bond acceptors (Lipinski definition) is 2. The van der Waals surface area contributed by atoms with Crippen molar-refractivity contribution in [3.05, 3.63) is 30.1 Å². The Balaban J connectivity index is 1.99. The number of rotatable bonds is 4. The Morgan fingerprint density at radius 3 is 2.88 bits per heavy atom. The van der Waals surface area contributed by atoms with Gasteiger partial charge in [-0.25, -0.2) is 4.98 Å². The number of hydrogen-bond donors (Lipinski definition) is 0. The number of ketones is 1. The van der Waals surface area contributed by atoms with Crippen LogP contribution in [-0.4, -0.2) is 15.3 Å². The van der Waals surface area contributed by atoms with Crippen LogP contribution in [0.5, 0.6) is 0 Å². The fourth-order valence-electron chi connectivity index (χ4n) is 2.32. The number of Topliss-reactive ketones (excluding diaryl/α,β-unsaturated/α-hetero) is 1. The first-order valence-electron chi connectivity index (χ1n) is 6.26. The quantitative estimate of drug-likeness (QED) is 0.806. The van der Waals surface area contributed by atoms with Crippen molar-refractivity contribution in [1.29, 1.82) is 0 Å². The van der Waals surface area contributed by atoms with Crippen molar-refractivity contribution in [2.45, 2.75) is 32.7 Å². The number of fused-ring (bicyclic) bond motifs is 1. The molecule has 0 atom stereocenters. The Labute approximate surface area is 100 Å². The molecule has 1 heterocycles. The Hall–Kier alpha value is -1.64. The third-order valence-electron chi connectivity index (χ3n) is 3.41. The summed E-state index contributed by atoms with van der Waals surface area (Å²) in [5.41, 5.74) is 2.13. The molecule has 3 heteroatoms. The Bertz CT molecular complexity index is 567. The lowest BCUT2D eigenvalue weighted by molar-refractivity contribution is -0.119. The fraction of sp³-hybridized carbons (Fsp3) is 0.429. The van der Waals surface area contributed by atoms with Crippen molar-refractivity contribution in [2.75, 3.05) is 0 Å². The van der Waals surface area contributed by atoms with Gasteiger partial charge in [-0.05, 0) is 31.9 Å². The van der Waals surface area contributed by atoms with Crippen molar-refractivity contribution >= 4 is 16.8 Å². The molecule has 17 heavy (non-hydrogen) atoms. The van der Waals surface area contributed by atoms with Gasteiger partial charge in [0, 0.05) is 12.5 Å². The van der Waals surface area contributed by atoms with E-state index < -0.39 is 0 Å². The molecule has 88 valence electrons. The van der Waals surface area contributed by atoms with E-state index in [0.29, 0.717) is 18.1 Å². The summed E-state index contributed by atoms with van der Waals surface area (Å²) in [5.74, 6) is 1.60. The first-order chi connectivity index (χ1) is 8.29. The molecule has 1 aliphatic carbocycles. The molecule has 1 fully saturated rings. The second-order valence-electron chi connectivity index (χ2n) is 4.68. The first kappa shape index (κ1) is 10.5. The fourth-order valence-corrected chi connectivity index (χ4v) is 2.32. The molecular formula is C14H16N2O. The second-order valence-corrected chi connectivity index (χ2v) is 4.68. The van der Waals surface area contributed by atoms with Crippen LogP contribution >= 0.6 is 0 Å². The van der Waals surface area contributed by atoms with Crippen molar-refractivity contribution in [2.24, 2.45) is 5.92 Å². The summed E-state index contributed by atoms with van der Waals surface area (Å²) in [7, 11) is 0. The maximum Gasteiger partial charge on any atom is 0.143 e. The third-order valence-corrected chi connectivity index (χ3v) is 3.41. The van der Waals surface area contributed by atoms with Crippen molar-refractivity contribution < 1.29 is 4.79 Å². The minimum absolute atomic E-state index is 0.320. The van der Waals surface area contributed by atoms with Gasteiger partial charge in [0.15, 0.2) is 0 Å². The predicted molar refractivity (Wildman–Crippen MR) is 66.8 cm³/mol. The van der Waals surface area contributed by atoms with E-state index in [1.165, 1.54) is 0 Å². The van der Waals surface area contributed by atoms with Crippen molar-refractivity contribution in [3.8, 4) is 0 Å². The van der Waals surface area contributed by atoms with Crippen LogP contribution in [0, 0.1) is 5.92 Å². The molecule has 1 aromatic heterocycles. The van der Waals surface area contributed by atoms with Gasteiger partial charge < -0.3 is 4.57 Å². The third kappa shape index (κ3) is 1.86. The average molecular weight is 228 g/mol. The SMILES string of the molecule is CCn1c(CC(=O)C2CC2)nc2ccccc21. The minimum Gasteiger partial charge on any atom is -0.328 e. The number of carbonyl (C=O) groups excluding carboxylic acids is 1. The molecule has 0 saturated heterocycles. The lowest BCUT2D eigenvalue weighted by Gasteiger charge is -2.04. The summed E-state index contributed by atoms with van der Waals surface area (Å²) < 4.78 is 2.15. The number of aryl methyl sites for hydroxylation is 1. The van der Waals surface area contributed by atoms with E-state index in [1.807, 2.05) is 18.2 Å². The first-order valence-corrected chi connectivity index (χ1v) is 6.26. The monoisotopic (exact) mass is 228 g/mol. The van der Waals surface area contributed by atoms with Gasteiger partial charge in [-0.15, -0.1) is 0 Å². The minimum atomic E-state index is 0.320. The highest BCUT2D eigenvalue weighted by Crippen LogP contribution is 2.31. The van der Waals surface area contributed by atoms with E-state index in [0.717, 1.165) is 36.2 Å². The van der Waals surface area contributed by atoms with Gasteiger partial charge in [-0.3, -0.25) is 4.79 Å². The van der Waals surface area contributed by atoms with Gasteiger partial charge in [0.25, 0.3) is 0 Å². The molecule has 3 rings (SSSR count). The predicted octanol–water partition coefficient (Wildman–Crippen LogP) is 2.58. The van der Waals surface area contributed by atoms with Crippen LogP contribution in [0.1, 0.15) is 25.6 Å². The number of imidazole rings is 1. The van der Waals surface area contributed by atoms with Crippen molar-refractivity contribution in [1.82, 2.24) is 9.55 Å². The molecule has 0 amide bonds. The van der Waals surface area contributed by atoms with Gasteiger partial charge in [0.1, 0.15) is 11.6 Å². The van der Waals surface area contributed by atoms with Gasteiger partial charge in [0.05, 0.1) is 17.5 Å². The molecule has 3 nitrogen and oxygen atoms in total. The molecular weight excluding hydrogens is 212 g/mol. The number of benzene rings is 1. The lowest BCUT2D eigenvalue weighted by atomic mass is 10.2. The van der Waals surface area contributed by atoms with Crippen LogP contribution in [-0.2, 0) is 17.8 Å². The zero-order valence-corrected chi connectivity index (χ0v) is 10.0. The zero-order valence-electron chi connectivity index (χ0n) is 10.0. The van der Waals surface area contributed by atoms with Crippen LogP contribution < -0.4 is 0 Å². The summed E-state index contributed by atoms with van der Waals surface area (Å²) in [6.07, 6.45) is 2.64. The Morgan fingerprint density at radius 1 is 1.41 bits per heavy atom. The Morgan fingerprint density at radius 2 is 2.18 bits per heavy atom.